The summed E-state index contributed by atoms with van der Waals surface area (Å²) in [5.74, 6) is -0.356. The van der Waals surface area contributed by atoms with E-state index in [0.717, 1.165) is 24.2 Å². The lowest BCUT2D eigenvalue weighted by Gasteiger charge is -2.28. The predicted molar refractivity (Wildman–Crippen MR) is 116 cm³/mol. The van der Waals surface area contributed by atoms with E-state index in [1.165, 1.54) is 32.1 Å². The highest BCUT2D eigenvalue weighted by Crippen LogP contribution is 2.38. The van der Waals surface area contributed by atoms with Gasteiger partial charge in [-0.05, 0) is 6.42 Å². The third-order valence-corrected chi connectivity index (χ3v) is 6.12. The highest BCUT2D eigenvalue weighted by Gasteiger charge is 2.38. The summed E-state index contributed by atoms with van der Waals surface area (Å²) in [4.78, 5) is 37.3. The van der Waals surface area contributed by atoms with Crippen LogP contribution in [-0.4, -0.2) is 74.9 Å². The Morgan fingerprint density at radius 1 is 1.10 bits per heavy atom. The molecule has 0 spiro atoms. The van der Waals surface area contributed by atoms with Gasteiger partial charge in [-0.15, -0.1) is 0 Å². The molecule has 1 aliphatic heterocycles. The molecule has 1 heterocycles. The third-order valence-electron chi connectivity index (χ3n) is 5.16. The van der Waals surface area contributed by atoms with E-state index in [2.05, 4.69) is 6.92 Å². The van der Waals surface area contributed by atoms with Crippen molar-refractivity contribution in [3.05, 3.63) is 0 Å². The van der Waals surface area contributed by atoms with E-state index in [0.29, 0.717) is 17.4 Å². The molecule has 31 heavy (non-hydrogen) atoms. The van der Waals surface area contributed by atoms with E-state index in [1.54, 1.807) is 0 Å². The fraction of sp³-hybridized carbons (Fsp3) is 0.905. The first kappa shape index (κ1) is 28.0. The molecule has 0 bridgehead atoms. The highest BCUT2D eigenvalue weighted by molar-refractivity contribution is 7.45. The van der Waals surface area contributed by atoms with E-state index in [9.17, 15) is 19.0 Å². The Balaban J connectivity index is 2.31. The first-order valence-electron chi connectivity index (χ1n) is 11.4. The van der Waals surface area contributed by atoms with Gasteiger partial charge in [-0.3, -0.25) is 9.36 Å². The molecule has 0 aromatic heterocycles. The number of phosphoric ester groups is 1. The van der Waals surface area contributed by atoms with E-state index in [4.69, 9.17) is 13.8 Å². The van der Waals surface area contributed by atoms with E-state index >= 15 is 0 Å². The number of carbonyl (C=O) groups excluding carboxylic acids is 2. The van der Waals surface area contributed by atoms with Crippen LogP contribution in [0.2, 0.25) is 0 Å². The van der Waals surface area contributed by atoms with Crippen LogP contribution in [0.5, 0.6) is 0 Å². The predicted octanol–water partition coefficient (Wildman–Crippen LogP) is 3.46. The zero-order chi connectivity index (χ0) is 23.3. The second-order valence-corrected chi connectivity index (χ2v) is 10.6. The van der Waals surface area contributed by atoms with Gasteiger partial charge >= 0.3 is 6.09 Å². The van der Waals surface area contributed by atoms with Crippen molar-refractivity contribution in [3.63, 3.8) is 0 Å². The number of likely N-dealkylation sites (N-methyl/N-ethyl adjacent to an activating group) is 1. The number of phosphoric acid groups is 1. The largest absolute Gasteiger partial charge is 0.756 e. The van der Waals surface area contributed by atoms with Crippen LogP contribution in [-0.2, 0) is 23.1 Å². The molecule has 1 fully saturated rings. The van der Waals surface area contributed by atoms with E-state index in [1.807, 2.05) is 21.1 Å². The van der Waals surface area contributed by atoms with Crippen molar-refractivity contribution in [3.8, 4) is 0 Å². The molecule has 0 N–H and O–H groups in total. The van der Waals surface area contributed by atoms with Gasteiger partial charge in [0.05, 0.1) is 27.7 Å². The molecule has 1 aliphatic rings. The molecule has 0 aromatic rings. The second-order valence-electron chi connectivity index (χ2n) is 9.16. The van der Waals surface area contributed by atoms with E-state index in [-0.39, 0.29) is 32.1 Å². The number of cyclic esters (lactones) is 1. The average molecular weight is 465 g/mol. The lowest BCUT2D eigenvalue weighted by molar-refractivity contribution is -0.870. The topological polar surface area (TPSA) is 105 Å². The molecular weight excluding hydrogens is 423 g/mol. The summed E-state index contributed by atoms with van der Waals surface area (Å²) in [6, 6.07) is -0.761. The number of carbonyl (C=O) groups is 2. The van der Waals surface area contributed by atoms with Crippen LogP contribution in [0.3, 0.4) is 0 Å². The Hall–Kier alpha value is -0.990. The fourth-order valence-corrected chi connectivity index (χ4v) is 3.97. The average Bonchev–Trinajstić information content (AvgIpc) is 3.04. The summed E-state index contributed by atoms with van der Waals surface area (Å²) in [5.41, 5.74) is 0. The quantitative estimate of drug-likeness (QED) is 0.184. The van der Waals surface area contributed by atoms with Crippen LogP contribution in [0.25, 0.3) is 0 Å². The van der Waals surface area contributed by atoms with Crippen molar-refractivity contribution >= 4 is 19.8 Å². The van der Waals surface area contributed by atoms with Crippen molar-refractivity contribution in [2.45, 2.75) is 77.2 Å². The lowest BCUT2D eigenvalue weighted by atomic mass is 10.1. The monoisotopic (exact) mass is 464 g/mol. The van der Waals surface area contributed by atoms with Crippen molar-refractivity contribution in [2.24, 2.45) is 0 Å². The number of ether oxygens (including phenoxy) is 1. The lowest BCUT2D eigenvalue weighted by Crippen LogP contribution is -2.41. The van der Waals surface area contributed by atoms with Crippen LogP contribution in [0.15, 0.2) is 0 Å². The smallest absolute Gasteiger partial charge is 0.417 e. The van der Waals surface area contributed by atoms with Crippen molar-refractivity contribution in [1.29, 1.82) is 0 Å². The summed E-state index contributed by atoms with van der Waals surface area (Å²) < 4.78 is 27.2. The molecule has 1 saturated heterocycles. The third kappa shape index (κ3) is 12.6. The molecular formula is C21H41N2O7P. The Labute approximate surface area is 187 Å². The number of quaternary nitrogens is 1. The minimum absolute atomic E-state index is 0.00831. The Kier molecular flexibility index (Phi) is 12.9. The fourth-order valence-electron chi connectivity index (χ4n) is 3.24. The second kappa shape index (κ2) is 14.2. The number of amides is 2. The van der Waals surface area contributed by atoms with Gasteiger partial charge in [-0.2, -0.15) is 0 Å². The maximum atomic E-state index is 12.5. The number of rotatable bonds is 17. The SMILES string of the molecule is CCCCCCCCCCCC(=O)N1C(=O)OC[C@H]1COP(=O)([O-])OCC[N+](C)(C)C. The number of hydrogen-bond acceptors (Lipinski definition) is 7. The number of imide groups is 1. The zero-order valence-electron chi connectivity index (χ0n) is 19.7. The van der Waals surface area contributed by atoms with Gasteiger partial charge in [0.2, 0.25) is 5.91 Å². The van der Waals surface area contributed by atoms with E-state index < -0.39 is 20.0 Å². The molecule has 2 atom stereocenters. The molecule has 0 aromatic carbocycles. The van der Waals surface area contributed by atoms with Crippen LogP contribution < -0.4 is 4.89 Å². The van der Waals surface area contributed by atoms with Gasteiger partial charge in [-0.25, -0.2) is 9.69 Å². The summed E-state index contributed by atoms with van der Waals surface area (Å²) in [6.45, 7) is 2.24. The van der Waals surface area contributed by atoms with Crippen molar-refractivity contribution < 1.29 is 37.3 Å². The minimum Gasteiger partial charge on any atom is -0.756 e. The summed E-state index contributed by atoms with van der Waals surface area (Å²) in [5, 5.41) is 0. The summed E-state index contributed by atoms with van der Waals surface area (Å²) in [7, 11) is 1.23. The Morgan fingerprint density at radius 3 is 2.26 bits per heavy atom. The molecule has 10 heteroatoms. The van der Waals surface area contributed by atoms with Crippen LogP contribution >= 0.6 is 7.82 Å². The molecule has 1 rings (SSSR count). The van der Waals surface area contributed by atoms with Crippen molar-refractivity contribution in [2.75, 3.05) is 47.5 Å². The molecule has 9 nitrogen and oxygen atoms in total. The molecule has 0 saturated carbocycles. The molecule has 2 amide bonds. The Morgan fingerprint density at radius 2 is 1.68 bits per heavy atom. The van der Waals surface area contributed by atoms with Crippen LogP contribution in [0.4, 0.5) is 4.79 Å². The van der Waals surface area contributed by atoms with Crippen molar-refractivity contribution in [1.82, 2.24) is 4.90 Å². The number of hydrogen-bond donors (Lipinski definition) is 0. The normalized spacial score (nSPS) is 18.8. The first-order valence-corrected chi connectivity index (χ1v) is 12.9. The van der Waals surface area contributed by atoms with Gasteiger partial charge < -0.3 is 23.2 Å². The van der Waals surface area contributed by atoms with Gasteiger partial charge in [0.15, 0.2) is 0 Å². The van der Waals surface area contributed by atoms with Gasteiger partial charge in [0, 0.05) is 6.42 Å². The molecule has 0 radical (unpaired) electrons. The summed E-state index contributed by atoms with van der Waals surface area (Å²) >= 11 is 0. The standard InChI is InChI=1S/C21H41N2O7P/c1-5-6-7-8-9-10-11-12-13-14-20(24)22-19(17-28-21(22)25)18-30-31(26,27)29-16-15-23(2,3)4/h19H,5-18H2,1-4H3/t19-/m0/s1. The Bertz CT molecular complexity index is 595. The first-order chi connectivity index (χ1) is 14.6. The molecule has 1 unspecified atom stereocenters. The summed E-state index contributed by atoms with van der Waals surface area (Å²) in [6.07, 6.45) is 9.63. The molecule has 0 aliphatic carbocycles. The van der Waals surface area contributed by atoms with Gasteiger partial charge in [-0.1, -0.05) is 58.3 Å². The van der Waals surface area contributed by atoms with Gasteiger partial charge in [0.25, 0.3) is 7.82 Å². The van der Waals surface area contributed by atoms with Crippen LogP contribution in [0.1, 0.15) is 71.1 Å². The number of nitrogens with zero attached hydrogens (tertiary/aromatic N) is 2. The van der Waals surface area contributed by atoms with Crippen LogP contribution in [0, 0.1) is 0 Å². The maximum absolute atomic E-state index is 12.5. The minimum atomic E-state index is -4.52. The highest BCUT2D eigenvalue weighted by atomic mass is 31.2. The molecule has 182 valence electrons. The van der Waals surface area contributed by atoms with Gasteiger partial charge in [0.1, 0.15) is 25.8 Å². The zero-order valence-corrected chi connectivity index (χ0v) is 20.6. The number of unbranched alkanes of at least 4 members (excludes halogenated alkanes) is 8. The maximum Gasteiger partial charge on any atom is 0.417 e.